The van der Waals surface area contributed by atoms with Crippen molar-refractivity contribution in [1.82, 2.24) is 0 Å². The van der Waals surface area contributed by atoms with Crippen LogP contribution in [0.3, 0.4) is 0 Å². The van der Waals surface area contributed by atoms with Crippen molar-refractivity contribution in [2.24, 2.45) is 5.41 Å². The number of fused-ring (bicyclic) bond motifs is 1. The second-order valence-electron chi connectivity index (χ2n) is 5.59. The van der Waals surface area contributed by atoms with Crippen molar-refractivity contribution in [2.75, 3.05) is 18.6 Å². The van der Waals surface area contributed by atoms with E-state index in [2.05, 4.69) is 19.1 Å². The van der Waals surface area contributed by atoms with Gasteiger partial charge < -0.3 is 9.64 Å². The Morgan fingerprint density at radius 3 is 2.78 bits per heavy atom. The first kappa shape index (κ1) is 12.9. The SMILES string of the molecule is CCCc1ccc2c(c1)N(C)C(=O)C(C)(C)CO2. The molecule has 1 aromatic carbocycles. The highest BCUT2D eigenvalue weighted by Crippen LogP contribution is 2.36. The van der Waals surface area contributed by atoms with Crippen LogP contribution in [0.5, 0.6) is 5.75 Å². The average molecular weight is 247 g/mol. The Labute approximate surface area is 109 Å². The first-order valence-electron chi connectivity index (χ1n) is 6.49. The fourth-order valence-electron chi connectivity index (χ4n) is 2.27. The molecule has 0 unspecified atom stereocenters. The molecule has 0 atom stereocenters. The standard InChI is InChI=1S/C15H21NO2/c1-5-6-11-7-8-13-12(9-11)16(4)14(17)15(2,3)10-18-13/h7-9H,5-6,10H2,1-4H3. The molecule has 0 radical (unpaired) electrons. The molecule has 1 heterocycles. The lowest BCUT2D eigenvalue weighted by atomic mass is 9.93. The van der Waals surface area contributed by atoms with Crippen molar-refractivity contribution in [2.45, 2.75) is 33.6 Å². The summed E-state index contributed by atoms with van der Waals surface area (Å²) >= 11 is 0. The second kappa shape index (κ2) is 4.63. The normalized spacial score (nSPS) is 18.0. The van der Waals surface area contributed by atoms with Crippen LogP contribution in [0.1, 0.15) is 32.8 Å². The number of hydrogen-bond acceptors (Lipinski definition) is 2. The van der Waals surface area contributed by atoms with Gasteiger partial charge in [0, 0.05) is 7.05 Å². The van der Waals surface area contributed by atoms with Gasteiger partial charge in [0.15, 0.2) is 0 Å². The van der Waals surface area contributed by atoms with Gasteiger partial charge >= 0.3 is 0 Å². The Kier molecular flexibility index (Phi) is 3.33. The van der Waals surface area contributed by atoms with E-state index in [1.165, 1.54) is 5.56 Å². The van der Waals surface area contributed by atoms with E-state index in [1.807, 2.05) is 27.0 Å². The lowest BCUT2D eigenvalue weighted by molar-refractivity contribution is -0.127. The van der Waals surface area contributed by atoms with Gasteiger partial charge in [0.25, 0.3) is 0 Å². The van der Waals surface area contributed by atoms with E-state index >= 15 is 0 Å². The van der Waals surface area contributed by atoms with Gasteiger partial charge in [-0.05, 0) is 38.0 Å². The number of nitrogens with zero attached hydrogens (tertiary/aromatic N) is 1. The van der Waals surface area contributed by atoms with Crippen LogP contribution in [0.25, 0.3) is 0 Å². The van der Waals surface area contributed by atoms with Gasteiger partial charge in [-0.1, -0.05) is 19.4 Å². The molecule has 18 heavy (non-hydrogen) atoms. The van der Waals surface area contributed by atoms with Crippen LogP contribution in [-0.4, -0.2) is 19.6 Å². The lowest BCUT2D eigenvalue weighted by Gasteiger charge is -2.24. The topological polar surface area (TPSA) is 29.5 Å². The number of hydrogen-bond donors (Lipinski definition) is 0. The quantitative estimate of drug-likeness (QED) is 0.804. The van der Waals surface area contributed by atoms with E-state index < -0.39 is 5.41 Å². The molecule has 0 bridgehead atoms. The zero-order chi connectivity index (χ0) is 13.3. The molecule has 3 nitrogen and oxygen atoms in total. The highest BCUT2D eigenvalue weighted by atomic mass is 16.5. The van der Waals surface area contributed by atoms with E-state index in [0.29, 0.717) is 6.61 Å². The fraction of sp³-hybridized carbons (Fsp3) is 0.533. The molecule has 2 rings (SSSR count). The molecule has 1 aliphatic heterocycles. The van der Waals surface area contributed by atoms with Crippen LogP contribution in [-0.2, 0) is 11.2 Å². The summed E-state index contributed by atoms with van der Waals surface area (Å²) in [6.07, 6.45) is 2.13. The highest BCUT2D eigenvalue weighted by Gasteiger charge is 2.35. The van der Waals surface area contributed by atoms with Gasteiger partial charge in [-0.3, -0.25) is 4.79 Å². The first-order chi connectivity index (χ1) is 8.45. The summed E-state index contributed by atoms with van der Waals surface area (Å²) in [5, 5.41) is 0. The van der Waals surface area contributed by atoms with Crippen LogP contribution in [0, 0.1) is 5.41 Å². The van der Waals surface area contributed by atoms with Crippen LogP contribution < -0.4 is 9.64 Å². The van der Waals surface area contributed by atoms with Gasteiger partial charge in [-0.15, -0.1) is 0 Å². The van der Waals surface area contributed by atoms with Crippen LogP contribution in [0.4, 0.5) is 5.69 Å². The van der Waals surface area contributed by atoms with Crippen LogP contribution in [0.2, 0.25) is 0 Å². The van der Waals surface area contributed by atoms with Gasteiger partial charge in [0.1, 0.15) is 12.4 Å². The third kappa shape index (κ3) is 2.22. The Hall–Kier alpha value is -1.51. The molecule has 0 spiro atoms. The minimum Gasteiger partial charge on any atom is -0.490 e. The molecule has 0 aromatic heterocycles. The maximum atomic E-state index is 12.3. The summed E-state index contributed by atoms with van der Waals surface area (Å²) in [5.41, 5.74) is 1.66. The molecule has 0 N–H and O–H groups in total. The maximum absolute atomic E-state index is 12.3. The van der Waals surface area contributed by atoms with Crippen LogP contribution in [0.15, 0.2) is 18.2 Å². The fourth-order valence-corrected chi connectivity index (χ4v) is 2.27. The van der Waals surface area contributed by atoms with E-state index in [-0.39, 0.29) is 5.91 Å². The van der Waals surface area contributed by atoms with E-state index in [9.17, 15) is 4.79 Å². The molecule has 0 fully saturated rings. The first-order valence-corrected chi connectivity index (χ1v) is 6.49. The van der Waals surface area contributed by atoms with Gasteiger partial charge in [-0.2, -0.15) is 0 Å². The maximum Gasteiger partial charge on any atom is 0.235 e. The molecule has 1 amide bonds. The van der Waals surface area contributed by atoms with E-state index in [4.69, 9.17) is 4.74 Å². The molecule has 1 aliphatic rings. The predicted octanol–water partition coefficient (Wildman–Crippen LogP) is 3.02. The molecule has 0 saturated heterocycles. The van der Waals surface area contributed by atoms with Crippen molar-refractivity contribution < 1.29 is 9.53 Å². The van der Waals surface area contributed by atoms with Crippen molar-refractivity contribution in [3.05, 3.63) is 23.8 Å². The molecule has 0 saturated carbocycles. The van der Waals surface area contributed by atoms with Crippen molar-refractivity contribution in [3.63, 3.8) is 0 Å². The summed E-state index contributed by atoms with van der Waals surface area (Å²) in [7, 11) is 1.83. The second-order valence-corrected chi connectivity index (χ2v) is 5.59. The number of carbonyl (C=O) groups is 1. The Balaban J connectivity index is 2.42. The minimum absolute atomic E-state index is 0.106. The van der Waals surface area contributed by atoms with Crippen molar-refractivity contribution in [1.29, 1.82) is 0 Å². The number of amides is 1. The number of rotatable bonds is 2. The zero-order valence-corrected chi connectivity index (χ0v) is 11.6. The third-order valence-corrected chi connectivity index (χ3v) is 3.40. The van der Waals surface area contributed by atoms with Crippen molar-refractivity contribution in [3.8, 4) is 5.75 Å². The summed E-state index contributed by atoms with van der Waals surface area (Å²) in [5.74, 6) is 0.908. The molecule has 3 heteroatoms. The summed E-state index contributed by atoms with van der Waals surface area (Å²) in [4.78, 5) is 14.1. The Morgan fingerprint density at radius 1 is 1.39 bits per heavy atom. The summed E-state index contributed by atoms with van der Waals surface area (Å²) in [6, 6.07) is 6.13. The molecular formula is C15H21NO2. The van der Waals surface area contributed by atoms with Gasteiger partial charge in [-0.25, -0.2) is 0 Å². The molecule has 98 valence electrons. The smallest absolute Gasteiger partial charge is 0.235 e. The largest absolute Gasteiger partial charge is 0.490 e. The monoisotopic (exact) mass is 247 g/mol. The van der Waals surface area contributed by atoms with E-state index in [0.717, 1.165) is 24.3 Å². The zero-order valence-electron chi connectivity index (χ0n) is 11.6. The predicted molar refractivity (Wildman–Crippen MR) is 73.1 cm³/mol. The van der Waals surface area contributed by atoms with E-state index in [1.54, 1.807) is 4.90 Å². The molecule has 1 aromatic rings. The number of anilines is 1. The Bertz CT molecular complexity index is 466. The van der Waals surface area contributed by atoms with Crippen LogP contribution >= 0.6 is 0 Å². The molecular weight excluding hydrogens is 226 g/mol. The number of ether oxygens (including phenoxy) is 1. The summed E-state index contributed by atoms with van der Waals surface area (Å²) in [6.45, 7) is 6.42. The number of benzene rings is 1. The highest BCUT2D eigenvalue weighted by molar-refractivity contribution is 5.98. The minimum atomic E-state index is -0.474. The molecule has 0 aliphatic carbocycles. The van der Waals surface area contributed by atoms with Gasteiger partial charge in [0.05, 0.1) is 11.1 Å². The number of aryl methyl sites for hydroxylation is 1. The third-order valence-electron chi connectivity index (χ3n) is 3.40. The lowest BCUT2D eigenvalue weighted by Crippen LogP contribution is -2.39. The van der Waals surface area contributed by atoms with Gasteiger partial charge in [0.2, 0.25) is 5.91 Å². The number of carbonyl (C=O) groups excluding carboxylic acids is 1. The Morgan fingerprint density at radius 2 is 2.11 bits per heavy atom. The summed E-state index contributed by atoms with van der Waals surface area (Å²) < 4.78 is 5.78. The van der Waals surface area contributed by atoms with Crippen molar-refractivity contribution >= 4 is 11.6 Å². The average Bonchev–Trinajstić information content (AvgIpc) is 2.42.